The lowest BCUT2D eigenvalue weighted by atomic mass is 9.82. The summed E-state index contributed by atoms with van der Waals surface area (Å²) in [4.78, 5) is 0. The Kier molecular flexibility index (Phi) is 4.87. The fraction of sp³-hybridized carbons (Fsp3) is 1.00. The van der Waals surface area contributed by atoms with E-state index in [2.05, 4.69) is 13.8 Å². The zero-order valence-corrected chi connectivity index (χ0v) is 11.5. The van der Waals surface area contributed by atoms with Gasteiger partial charge < -0.3 is 10.5 Å². The maximum atomic E-state index is 6.09. The van der Waals surface area contributed by atoms with Gasteiger partial charge in [-0.1, -0.05) is 20.3 Å². The SMILES string of the molecule is CC1CC(C)CC(OCCC2CCCC2N)C1. The lowest BCUT2D eigenvalue weighted by molar-refractivity contribution is -0.00482. The van der Waals surface area contributed by atoms with Gasteiger partial charge in [-0.2, -0.15) is 0 Å². The first kappa shape index (κ1) is 13.4. The summed E-state index contributed by atoms with van der Waals surface area (Å²) in [5.74, 6) is 2.42. The Bertz CT molecular complexity index is 221. The number of hydrogen-bond acceptors (Lipinski definition) is 2. The predicted octanol–water partition coefficient (Wildman–Crippen LogP) is 3.35. The molecule has 0 heterocycles. The summed E-state index contributed by atoms with van der Waals surface area (Å²) in [6.45, 7) is 5.65. The van der Waals surface area contributed by atoms with Gasteiger partial charge in [0.25, 0.3) is 0 Å². The summed E-state index contributed by atoms with van der Waals surface area (Å²) in [6, 6.07) is 0.447. The highest BCUT2D eigenvalue weighted by atomic mass is 16.5. The van der Waals surface area contributed by atoms with Crippen LogP contribution in [0.5, 0.6) is 0 Å². The minimum Gasteiger partial charge on any atom is -0.378 e. The Balaban J connectivity index is 1.64. The van der Waals surface area contributed by atoms with E-state index in [4.69, 9.17) is 10.5 Å². The summed E-state index contributed by atoms with van der Waals surface area (Å²) in [6.07, 6.45) is 9.48. The summed E-state index contributed by atoms with van der Waals surface area (Å²) in [5.41, 5.74) is 6.09. The fourth-order valence-corrected chi connectivity index (χ4v) is 3.82. The molecule has 0 amide bonds. The molecule has 2 N–H and O–H groups in total. The summed E-state index contributed by atoms with van der Waals surface area (Å²) < 4.78 is 6.08. The minimum atomic E-state index is 0.447. The van der Waals surface area contributed by atoms with Crippen LogP contribution in [0.2, 0.25) is 0 Å². The Morgan fingerprint density at radius 1 is 1.06 bits per heavy atom. The van der Waals surface area contributed by atoms with Crippen LogP contribution in [0, 0.1) is 17.8 Å². The van der Waals surface area contributed by atoms with E-state index in [-0.39, 0.29) is 0 Å². The van der Waals surface area contributed by atoms with E-state index in [0.717, 1.165) is 24.4 Å². The standard InChI is InChI=1S/C15H29NO/c1-11-8-12(2)10-14(9-11)17-7-6-13-4-3-5-15(13)16/h11-15H,3-10,16H2,1-2H3. The molecule has 17 heavy (non-hydrogen) atoms. The van der Waals surface area contributed by atoms with Crippen molar-refractivity contribution in [3.8, 4) is 0 Å². The van der Waals surface area contributed by atoms with Crippen molar-refractivity contribution in [2.45, 2.75) is 70.9 Å². The average Bonchev–Trinajstić information content (AvgIpc) is 2.63. The van der Waals surface area contributed by atoms with Crippen molar-refractivity contribution in [3.05, 3.63) is 0 Å². The highest BCUT2D eigenvalue weighted by molar-refractivity contribution is 4.80. The van der Waals surface area contributed by atoms with E-state index < -0.39 is 0 Å². The maximum absolute atomic E-state index is 6.09. The minimum absolute atomic E-state index is 0.447. The van der Waals surface area contributed by atoms with Gasteiger partial charge in [-0.25, -0.2) is 0 Å². The predicted molar refractivity (Wildman–Crippen MR) is 71.9 cm³/mol. The molecular formula is C15H29NO. The summed E-state index contributed by atoms with van der Waals surface area (Å²) in [7, 11) is 0. The fourth-order valence-electron chi connectivity index (χ4n) is 3.82. The molecule has 0 aromatic rings. The molecule has 2 fully saturated rings. The molecule has 2 rings (SSSR count). The first-order valence-corrected chi connectivity index (χ1v) is 7.52. The van der Waals surface area contributed by atoms with Gasteiger partial charge in [0, 0.05) is 12.6 Å². The number of rotatable bonds is 4. The van der Waals surface area contributed by atoms with Gasteiger partial charge in [-0.3, -0.25) is 0 Å². The molecule has 2 saturated carbocycles. The van der Waals surface area contributed by atoms with Gasteiger partial charge in [-0.15, -0.1) is 0 Å². The van der Waals surface area contributed by atoms with Crippen LogP contribution in [0.15, 0.2) is 0 Å². The van der Waals surface area contributed by atoms with Gasteiger partial charge in [0.2, 0.25) is 0 Å². The van der Waals surface area contributed by atoms with Crippen LogP contribution in [0.3, 0.4) is 0 Å². The van der Waals surface area contributed by atoms with E-state index >= 15 is 0 Å². The van der Waals surface area contributed by atoms with E-state index in [1.807, 2.05) is 0 Å². The van der Waals surface area contributed by atoms with E-state index in [0.29, 0.717) is 12.1 Å². The molecule has 0 aromatic heterocycles. The third-order valence-corrected chi connectivity index (χ3v) is 4.70. The first-order chi connectivity index (χ1) is 8.15. The Morgan fingerprint density at radius 3 is 2.35 bits per heavy atom. The normalized spacial score (nSPS) is 42.9. The molecule has 0 aliphatic heterocycles. The van der Waals surface area contributed by atoms with Crippen molar-refractivity contribution in [1.82, 2.24) is 0 Å². The molecule has 2 nitrogen and oxygen atoms in total. The molecule has 0 aromatic carbocycles. The average molecular weight is 239 g/mol. The van der Waals surface area contributed by atoms with Gasteiger partial charge in [0.1, 0.15) is 0 Å². The van der Waals surface area contributed by atoms with Crippen LogP contribution in [0.25, 0.3) is 0 Å². The van der Waals surface area contributed by atoms with Gasteiger partial charge in [0.05, 0.1) is 6.10 Å². The van der Waals surface area contributed by atoms with Crippen molar-refractivity contribution < 1.29 is 4.74 Å². The Hall–Kier alpha value is -0.0800. The molecular weight excluding hydrogens is 210 g/mol. The van der Waals surface area contributed by atoms with Crippen LogP contribution in [0.1, 0.15) is 58.8 Å². The summed E-state index contributed by atoms with van der Waals surface area (Å²) >= 11 is 0. The van der Waals surface area contributed by atoms with Crippen molar-refractivity contribution >= 4 is 0 Å². The van der Waals surface area contributed by atoms with Crippen molar-refractivity contribution in [2.24, 2.45) is 23.5 Å². The van der Waals surface area contributed by atoms with Gasteiger partial charge in [0.15, 0.2) is 0 Å². The van der Waals surface area contributed by atoms with Crippen LogP contribution in [0.4, 0.5) is 0 Å². The van der Waals surface area contributed by atoms with E-state index in [1.165, 1.54) is 44.9 Å². The first-order valence-electron chi connectivity index (χ1n) is 7.52. The maximum Gasteiger partial charge on any atom is 0.0580 e. The summed E-state index contributed by atoms with van der Waals surface area (Å²) in [5, 5.41) is 0. The highest BCUT2D eigenvalue weighted by Crippen LogP contribution is 2.31. The molecule has 2 aliphatic rings. The molecule has 4 atom stereocenters. The topological polar surface area (TPSA) is 35.2 Å². The smallest absolute Gasteiger partial charge is 0.0580 e. The van der Waals surface area contributed by atoms with Crippen LogP contribution >= 0.6 is 0 Å². The second kappa shape index (κ2) is 6.19. The second-order valence-corrected chi connectivity index (χ2v) is 6.55. The number of nitrogens with two attached hydrogens (primary N) is 1. The zero-order valence-electron chi connectivity index (χ0n) is 11.5. The number of ether oxygens (including phenoxy) is 1. The molecule has 100 valence electrons. The Labute approximate surface area is 106 Å². The quantitative estimate of drug-likeness (QED) is 0.816. The molecule has 2 aliphatic carbocycles. The van der Waals surface area contributed by atoms with Gasteiger partial charge >= 0.3 is 0 Å². The molecule has 0 radical (unpaired) electrons. The second-order valence-electron chi connectivity index (χ2n) is 6.55. The zero-order chi connectivity index (χ0) is 12.3. The molecule has 0 saturated heterocycles. The molecule has 2 heteroatoms. The Morgan fingerprint density at radius 2 is 1.76 bits per heavy atom. The number of hydrogen-bond donors (Lipinski definition) is 1. The van der Waals surface area contributed by atoms with Crippen LogP contribution < -0.4 is 5.73 Å². The van der Waals surface area contributed by atoms with E-state index in [9.17, 15) is 0 Å². The van der Waals surface area contributed by atoms with Crippen molar-refractivity contribution in [1.29, 1.82) is 0 Å². The molecule has 4 unspecified atom stereocenters. The lowest BCUT2D eigenvalue weighted by Crippen LogP contribution is -2.29. The molecule has 0 bridgehead atoms. The van der Waals surface area contributed by atoms with Crippen molar-refractivity contribution in [2.75, 3.05) is 6.61 Å². The third-order valence-electron chi connectivity index (χ3n) is 4.70. The largest absolute Gasteiger partial charge is 0.378 e. The van der Waals surface area contributed by atoms with E-state index in [1.54, 1.807) is 0 Å². The lowest BCUT2D eigenvalue weighted by Gasteiger charge is -2.31. The monoisotopic (exact) mass is 239 g/mol. The van der Waals surface area contributed by atoms with Crippen LogP contribution in [-0.4, -0.2) is 18.8 Å². The highest BCUT2D eigenvalue weighted by Gasteiger charge is 2.26. The van der Waals surface area contributed by atoms with Crippen LogP contribution in [-0.2, 0) is 4.74 Å². The van der Waals surface area contributed by atoms with Gasteiger partial charge in [-0.05, 0) is 56.3 Å². The third kappa shape index (κ3) is 3.96. The van der Waals surface area contributed by atoms with Crippen molar-refractivity contribution in [3.63, 3.8) is 0 Å². The molecule has 0 spiro atoms.